The van der Waals surface area contributed by atoms with E-state index in [-0.39, 0.29) is 11.0 Å². The molecule has 0 amide bonds. The van der Waals surface area contributed by atoms with Crippen LogP contribution in [0.2, 0.25) is 0 Å². The molecule has 0 saturated carbocycles. The summed E-state index contributed by atoms with van der Waals surface area (Å²) in [5.74, 6) is 0.678. The van der Waals surface area contributed by atoms with Gasteiger partial charge in [-0.25, -0.2) is 4.98 Å². The monoisotopic (exact) mass is 469 g/mol. The van der Waals surface area contributed by atoms with Gasteiger partial charge in [-0.2, -0.15) is 13.2 Å². The molecule has 3 aromatic rings. The number of halogens is 3. The standard InChI is InChI=1S/C28H34F3N3/c1-7-19-27(5,6)34(21-17-15-20(16-18-21)28(29,30)31)25-14-10-12-23(33-25)22-11-9-13-24(32-22)26(3,4)8-2/h9-18H,7-8,19H2,1-6H3. The Kier molecular flexibility index (Phi) is 7.39. The second-order valence-corrected chi connectivity index (χ2v) is 9.97. The Morgan fingerprint density at radius 3 is 1.91 bits per heavy atom. The van der Waals surface area contributed by atoms with Gasteiger partial charge in [0.2, 0.25) is 0 Å². The Morgan fingerprint density at radius 1 is 0.765 bits per heavy atom. The molecule has 0 fully saturated rings. The van der Waals surface area contributed by atoms with E-state index in [4.69, 9.17) is 9.97 Å². The van der Waals surface area contributed by atoms with Crippen molar-refractivity contribution in [3.05, 3.63) is 71.9 Å². The van der Waals surface area contributed by atoms with Crippen LogP contribution in [0.25, 0.3) is 11.4 Å². The van der Waals surface area contributed by atoms with Crippen LogP contribution < -0.4 is 4.90 Å². The van der Waals surface area contributed by atoms with E-state index in [1.165, 1.54) is 12.1 Å². The molecule has 182 valence electrons. The fourth-order valence-corrected chi connectivity index (χ4v) is 4.14. The van der Waals surface area contributed by atoms with Crippen molar-refractivity contribution in [3.63, 3.8) is 0 Å². The largest absolute Gasteiger partial charge is 0.416 e. The summed E-state index contributed by atoms with van der Waals surface area (Å²) in [5.41, 5.74) is 2.11. The van der Waals surface area contributed by atoms with Gasteiger partial charge in [-0.3, -0.25) is 4.98 Å². The lowest BCUT2D eigenvalue weighted by Gasteiger charge is -2.40. The zero-order valence-electron chi connectivity index (χ0n) is 20.9. The van der Waals surface area contributed by atoms with Gasteiger partial charge in [0.1, 0.15) is 5.82 Å². The number of hydrogen-bond acceptors (Lipinski definition) is 3. The maximum atomic E-state index is 13.1. The van der Waals surface area contributed by atoms with E-state index in [0.29, 0.717) is 11.5 Å². The minimum absolute atomic E-state index is 0.0526. The average molecular weight is 470 g/mol. The highest BCUT2D eigenvalue weighted by Crippen LogP contribution is 2.38. The van der Waals surface area contributed by atoms with Gasteiger partial charge in [-0.15, -0.1) is 0 Å². The molecular weight excluding hydrogens is 435 g/mol. The number of aromatic nitrogens is 2. The molecule has 3 rings (SSSR count). The molecule has 3 nitrogen and oxygen atoms in total. The Hall–Kier alpha value is -2.89. The van der Waals surface area contributed by atoms with Crippen LogP contribution in [0, 0.1) is 0 Å². The number of benzene rings is 1. The van der Waals surface area contributed by atoms with Gasteiger partial charge < -0.3 is 4.90 Å². The second kappa shape index (κ2) is 9.77. The maximum absolute atomic E-state index is 13.1. The first-order valence-electron chi connectivity index (χ1n) is 11.8. The Balaban J connectivity index is 2.09. The summed E-state index contributed by atoms with van der Waals surface area (Å²) in [4.78, 5) is 11.8. The molecule has 0 bridgehead atoms. The van der Waals surface area contributed by atoms with Crippen molar-refractivity contribution in [2.24, 2.45) is 0 Å². The number of pyridine rings is 2. The minimum atomic E-state index is -4.37. The summed E-state index contributed by atoms with van der Waals surface area (Å²) in [6.07, 6.45) is -1.63. The summed E-state index contributed by atoms with van der Waals surface area (Å²) in [6.45, 7) is 12.8. The molecule has 0 saturated heterocycles. The van der Waals surface area contributed by atoms with E-state index in [0.717, 1.165) is 48.5 Å². The summed E-state index contributed by atoms with van der Waals surface area (Å²) >= 11 is 0. The van der Waals surface area contributed by atoms with Crippen molar-refractivity contribution >= 4 is 11.5 Å². The summed E-state index contributed by atoms with van der Waals surface area (Å²) in [6, 6.07) is 17.0. The smallest absolute Gasteiger partial charge is 0.321 e. The number of hydrogen-bond donors (Lipinski definition) is 0. The van der Waals surface area contributed by atoms with Gasteiger partial charge in [-0.1, -0.05) is 46.2 Å². The van der Waals surface area contributed by atoms with Crippen LogP contribution in [0.1, 0.15) is 72.1 Å². The molecular formula is C28H34F3N3. The summed E-state index contributed by atoms with van der Waals surface area (Å²) in [5, 5.41) is 0. The average Bonchev–Trinajstić information content (AvgIpc) is 2.79. The molecule has 0 N–H and O–H groups in total. The van der Waals surface area contributed by atoms with E-state index < -0.39 is 11.7 Å². The predicted molar refractivity (Wildman–Crippen MR) is 133 cm³/mol. The third-order valence-corrected chi connectivity index (χ3v) is 6.47. The molecule has 0 aliphatic rings. The van der Waals surface area contributed by atoms with Crippen molar-refractivity contribution in [1.29, 1.82) is 0 Å². The van der Waals surface area contributed by atoms with Crippen LogP contribution in [-0.4, -0.2) is 15.5 Å². The third kappa shape index (κ3) is 5.60. The summed E-state index contributed by atoms with van der Waals surface area (Å²) < 4.78 is 39.4. The van der Waals surface area contributed by atoms with E-state index >= 15 is 0 Å². The van der Waals surface area contributed by atoms with Gasteiger partial charge in [0.05, 0.1) is 17.0 Å². The fourth-order valence-electron chi connectivity index (χ4n) is 4.14. The first kappa shape index (κ1) is 25.7. The molecule has 0 radical (unpaired) electrons. The number of alkyl halides is 3. The van der Waals surface area contributed by atoms with Crippen LogP contribution in [0.15, 0.2) is 60.7 Å². The van der Waals surface area contributed by atoms with Gasteiger partial charge >= 0.3 is 6.18 Å². The molecule has 34 heavy (non-hydrogen) atoms. The molecule has 0 aliphatic carbocycles. The molecule has 0 spiro atoms. The number of rotatable bonds is 8. The van der Waals surface area contributed by atoms with Crippen LogP contribution in [0.5, 0.6) is 0 Å². The van der Waals surface area contributed by atoms with Crippen LogP contribution in [-0.2, 0) is 11.6 Å². The first-order chi connectivity index (χ1) is 15.9. The van der Waals surface area contributed by atoms with E-state index in [1.807, 2.05) is 41.3 Å². The highest BCUT2D eigenvalue weighted by Gasteiger charge is 2.32. The van der Waals surface area contributed by atoms with Gasteiger partial charge in [-0.05, 0) is 75.2 Å². The van der Waals surface area contributed by atoms with Crippen molar-refractivity contribution in [2.75, 3.05) is 4.90 Å². The minimum Gasteiger partial charge on any atom is -0.321 e. The highest BCUT2D eigenvalue weighted by atomic mass is 19.4. The van der Waals surface area contributed by atoms with Crippen LogP contribution in [0.4, 0.5) is 24.7 Å². The highest BCUT2D eigenvalue weighted by molar-refractivity contribution is 5.66. The van der Waals surface area contributed by atoms with Crippen molar-refractivity contribution < 1.29 is 13.2 Å². The molecule has 0 unspecified atom stereocenters. The Labute approximate surface area is 201 Å². The van der Waals surface area contributed by atoms with Crippen molar-refractivity contribution in [3.8, 4) is 11.4 Å². The topological polar surface area (TPSA) is 29.0 Å². The lowest BCUT2D eigenvalue weighted by Crippen LogP contribution is -2.41. The van der Waals surface area contributed by atoms with Gasteiger partial charge in [0.25, 0.3) is 0 Å². The molecule has 2 aromatic heterocycles. The summed E-state index contributed by atoms with van der Waals surface area (Å²) in [7, 11) is 0. The van der Waals surface area contributed by atoms with Gasteiger partial charge in [0, 0.05) is 22.3 Å². The lowest BCUT2D eigenvalue weighted by molar-refractivity contribution is -0.137. The van der Waals surface area contributed by atoms with Crippen molar-refractivity contribution in [2.45, 2.75) is 77.9 Å². The maximum Gasteiger partial charge on any atom is 0.416 e. The van der Waals surface area contributed by atoms with Crippen LogP contribution in [0.3, 0.4) is 0 Å². The first-order valence-corrected chi connectivity index (χ1v) is 11.8. The molecule has 1 aromatic carbocycles. The van der Waals surface area contributed by atoms with E-state index in [1.54, 1.807) is 0 Å². The second-order valence-electron chi connectivity index (χ2n) is 9.97. The van der Waals surface area contributed by atoms with Crippen LogP contribution >= 0.6 is 0 Å². The fraction of sp³-hybridized carbons (Fsp3) is 0.429. The molecule has 6 heteroatoms. The number of anilines is 2. The normalized spacial score (nSPS) is 12.6. The molecule has 0 aliphatic heterocycles. The predicted octanol–water partition coefficient (Wildman–Crippen LogP) is 8.57. The lowest BCUT2D eigenvalue weighted by atomic mass is 9.86. The van der Waals surface area contributed by atoms with E-state index in [2.05, 4.69) is 41.5 Å². The van der Waals surface area contributed by atoms with Gasteiger partial charge in [0.15, 0.2) is 0 Å². The molecule has 2 heterocycles. The quantitative estimate of drug-likeness (QED) is 0.331. The third-order valence-electron chi connectivity index (χ3n) is 6.47. The Bertz CT molecular complexity index is 1100. The zero-order valence-corrected chi connectivity index (χ0v) is 20.9. The molecule has 0 atom stereocenters. The SMILES string of the molecule is CCCC(C)(C)N(c1ccc(C(F)(F)F)cc1)c1cccc(-c2cccc(C(C)(C)CC)n2)n1. The number of nitrogens with zero attached hydrogens (tertiary/aromatic N) is 3. The van der Waals surface area contributed by atoms with E-state index in [9.17, 15) is 13.2 Å². The Morgan fingerprint density at radius 2 is 1.35 bits per heavy atom. The van der Waals surface area contributed by atoms with Crippen molar-refractivity contribution in [1.82, 2.24) is 9.97 Å². The zero-order chi connectivity index (χ0) is 25.1.